The topological polar surface area (TPSA) is 76.9 Å². The number of benzene rings is 1. The predicted octanol–water partition coefficient (Wildman–Crippen LogP) is 2.94. The van der Waals surface area contributed by atoms with E-state index in [1.807, 2.05) is 0 Å². The maximum absolute atomic E-state index is 13.6. The van der Waals surface area contributed by atoms with Gasteiger partial charge in [0.15, 0.2) is 0 Å². The van der Waals surface area contributed by atoms with Crippen LogP contribution in [0, 0.1) is 5.82 Å². The van der Waals surface area contributed by atoms with Crippen LogP contribution in [0.15, 0.2) is 42.7 Å². The third-order valence-electron chi connectivity index (χ3n) is 4.47. The fourth-order valence-corrected chi connectivity index (χ4v) is 3.12. The molecule has 3 heterocycles. The van der Waals surface area contributed by atoms with E-state index in [1.165, 1.54) is 23.1 Å². The van der Waals surface area contributed by atoms with Crippen LogP contribution in [0.2, 0.25) is 0 Å². The monoisotopic (exact) mass is 404 g/mol. The molecular weight excluding hydrogens is 392 g/mol. The minimum atomic E-state index is -4.79. The Hall–Kier alpha value is -3.56. The Bertz CT molecular complexity index is 1140. The highest BCUT2D eigenvalue weighted by molar-refractivity contribution is 6.08. The van der Waals surface area contributed by atoms with E-state index in [4.69, 9.17) is 0 Å². The largest absolute Gasteiger partial charge is 0.416 e. The summed E-state index contributed by atoms with van der Waals surface area (Å²) in [6, 6.07) is 4.51. The smallest absolute Gasteiger partial charge is 0.352 e. The molecule has 0 radical (unpaired) electrons. The molecule has 0 unspecified atom stereocenters. The molecule has 0 saturated carbocycles. The lowest BCUT2D eigenvalue weighted by molar-refractivity contribution is -0.137. The zero-order chi connectivity index (χ0) is 20.8. The molecule has 0 aliphatic carbocycles. The zero-order valence-electron chi connectivity index (χ0n) is 14.6. The van der Waals surface area contributed by atoms with Crippen LogP contribution >= 0.6 is 0 Å². The van der Waals surface area contributed by atoms with E-state index < -0.39 is 28.9 Å². The second-order valence-corrected chi connectivity index (χ2v) is 6.38. The molecule has 148 valence electrons. The van der Waals surface area contributed by atoms with Crippen molar-refractivity contribution >= 4 is 11.7 Å². The molecule has 1 aromatic carbocycles. The molecule has 1 amide bonds. The second-order valence-electron chi connectivity index (χ2n) is 6.38. The van der Waals surface area contributed by atoms with Crippen molar-refractivity contribution in [3.63, 3.8) is 0 Å². The molecule has 0 fully saturated rings. The number of halogens is 4. The van der Waals surface area contributed by atoms with Gasteiger partial charge in [-0.25, -0.2) is 9.07 Å². The van der Waals surface area contributed by atoms with Crippen LogP contribution in [0.5, 0.6) is 0 Å². The van der Waals surface area contributed by atoms with Crippen LogP contribution < -0.4 is 5.32 Å². The summed E-state index contributed by atoms with van der Waals surface area (Å²) in [6.07, 6.45) is -1.58. The number of alkyl halides is 3. The maximum Gasteiger partial charge on any atom is 0.416 e. The number of carbonyl (C=O) groups is 2. The van der Waals surface area contributed by atoms with Gasteiger partial charge in [-0.05, 0) is 30.3 Å². The fourth-order valence-electron chi connectivity index (χ4n) is 3.12. The van der Waals surface area contributed by atoms with Gasteiger partial charge in [0, 0.05) is 24.7 Å². The molecule has 1 aliphatic rings. The van der Waals surface area contributed by atoms with Crippen LogP contribution in [-0.2, 0) is 12.6 Å². The Balaban J connectivity index is 1.73. The Morgan fingerprint density at radius 2 is 1.97 bits per heavy atom. The highest BCUT2D eigenvalue weighted by atomic mass is 19.4. The summed E-state index contributed by atoms with van der Waals surface area (Å²) in [5.74, 6) is -2.30. The van der Waals surface area contributed by atoms with Gasteiger partial charge in [0.25, 0.3) is 5.91 Å². The van der Waals surface area contributed by atoms with Gasteiger partial charge in [0.05, 0.1) is 28.7 Å². The SMILES string of the molecule is O=C(c1cc(F)cc(C(F)(F)F)c1)c1cc(-n2ncc3c2CCNC3=O)ccn1. The Morgan fingerprint density at radius 1 is 1.17 bits per heavy atom. The minimum Gasteiger partial charge on any atom is -0.352 e. The van der Waals surface area contributed by atoms with Crippen LogP contribution in [0.1, 0.15) is 37.7 Å². The molecule has 1 N–H and O–H groups in total. The van der Waals surface area contributed by atoms with Crippen LogP contribution in [0.3, 0.4) is 0 Å². The molecule has 4 rings (SSSR count). The van der Waals surface area contributed by atoms with Crippen molar-refractivity contribution in [2.75, 3.05) is 6.54 Å². The van der Waals surface area contributed by atoms with Crippen molar-refractivity contribution in [3.8, 4) is 5.69 Å². The van der Waals surface area contributed by atoms with Crippen molar-refractivity contribution in [1.82, 2.24) is 20.1 Å². The Kier molecular flexibility index (Phi) is 4.40. The number of pyridine rings is 1. The first-order chi connectivity index (χ1) is 13.7. The number of aromatic nitrogens is 3. The van der Waals surface area contributed by atoms with E-state index in [0.717, 1.165) is 6.07 Å². The molecule has 1 aliphatic heterocycles. The number of amides is 1. The summed E-state index contributed by atoms with van der Waals surface area (Å²) in [7, 11) is 0. The molecule has 29 heavy (non-hydrogen) atoms. The molecule has 3 aromatic rings. The molecular formula is C19H12F4N4O2. The van der Waals surface area contributed by atoms with Crippen molar-refractivity contribution in [2.45, 2.75) is 12.6 Å². The van der Waals surface area contributed by atoms with Gasteiger partial charge in [-0.2, -0.15) is 18.3 Å². The molecule has 0 atom stereocenters. The van der Waals surface area contributed by atoms with E-state index in [-0.39, 0.29) is 11.6 Å². The van der Waals surface area contributed by atoms with Crippen LogP contribution in [-0.4, -0.2) is 33.0 Å². The van der Waals surface area contributed by atoms with Gasteiger partial charge >= 0.3 is 6.18 Å². The van der Waals surface area contributed by atoms with E-state index in [1.54, 1.807) is 6.07 Å². The number of nitrogens with one attached hydrogen (secondary N) is 1. The standard InChI is InChI=1S/C19H12F4N4O2/c20-12-6-10(5-11(7-12)19(21,22)23)17(28)15-8-13(1-3-24-15)27-16-2-4-25-18(29)14(16)9-26-27/h1,3,5-9H,2,4H2,(H,25,29). The molecule has 0 bridgehead atoms. The number of hydrogen-bond acceptors (Lipinski definition) is 4. The summed E-state index contributed by atoms with van der Waals surface area (Å²) in [5, 5.41) is 6.85. The van der Waals surface area contributed by atoms with Crippen LogP contribution in [0.4, 0.5) is 17.6 Å². The highest BCUT2D eigenvalue weighted by Gasteiger charge is 2.32. The van der Waals surface area contributed by atoms with E-state index in [0.29, 0.717) is 42.0 Å². The molecule has 0 spiro atoms. The fraction of sp³-hybridized carbons (Fsp3) is 0.158. The number of hydrogen-bond donors (Lipinski definition) is 1. The quantitative estimate of drug-likeness (QED) is 0.538. The normalized spacial score (nSPS) is 13.7. The Morgan fingerprint density at radius 3 is 2.72 bits per heavy atom. The van der Waals surface area contributed by atoms with E-state index in [2.05, 4.69) is 15.4 Å². The van der Waals surface area contributed by atoms with Crippen molar-refractivity contribution < 1.29 is 27.2 Å². The van der Waals surface area contributed by atoms with Gasteiger partial charge in [-0.1, -0.05) is 0 Å². The second kappa shape index (κ2) is 6.80. The average Bonchev–Trinajstić information content (AvgIpc) is 3.12. The molecule has 10 heteroatoms. The summed E-state index contributed by atoms with van der Waals surface area (Å²) in [6.45, 7) is 0.428. The number of nitrogens with zero attached hydrogens (tertiary/aromatic N) is 3. The average molecular weight is 404 g/mol. The summed E-state index contributed by atoms with van der Waals surface area (Å²) in [4.78, 5) is 28.4. The van der Waals surface area contributed by atoms with Crippen molar-refractivity contribution in [2.24, 2.45) is 0 Å². The molecule has 0 saturated heterocycles. The molecule has 6 nitrogen and oxygen atoms in total. The summed E-state index contributed by atoms with van der Waals surface area (Å²) >= 11 is 0. The Labute approximate surface area is 161 Å². The highest BCUT2D eigenvalue weighted by Crippen LogP contribution is 2.31. The third kappa shape index (κ3) is 3.48. The first-order valence-electron chi connectivity index (χ1n) is 8.48. The van der Waals surface area contributed by atoms with Crippen molar-refractivity contribution in [3.05, 3.63) is 76.6 Å². The van der Waals surface area contributed by atoms with Gasteiger partial charge < -0.3 is 5.32 Å². The first kappa shape index (κ1) is 18.8. The number of rotatable bonds is 3. The minimum absolute atomic E-state index is 0.175. The van der Waals surface area contributed by atoms with E-state index >= 15 is 0 Å². The number of fused-ring (bicyclic) bond motifs is 1. The summed E-state index contributed by atoms with van der Waals surface area (Å²) < 4.78 is 53.9. The summed E-state index contributed by atoms with van der Waals surface area (Å²) in [5.41, 5.74) is -0.449. The first-order valence-corrected chi connectivity index (χ1v) is 8.48. The van der Waals surface area contributed by atoms with Crippen molar-refractivity contribution in [1.29, 1.82) is 0 Å². The lowest BCUT2D eigenvalue weighted by Crippen LogP contribution is -2.32. The van der Waals surface area contributed by atoms with Gasteiger partial charge in [-0.15, -0.1) is 0 Å². The van der Waals surface area contributed by atoms with E-state index in [9.17, 15) is 27.2 Å². The number of ketones is 1. The predicted molar refractivity (Wildman–Crippen MR) is 92.2 cm³/mol. The lowest BCUT2D eigenvalue weighted by atomic mass is 10.0. The lowest BCUT2D eigenvalue weighted by Gasteiger charge is -2.15. The number of carbonyl (C=O) groups excluding carboxylic acids is 2. The van der Waals surface area contributed by atoms with Crippen LogP contribution in [0.25, 0.3) is 5.69 Å². The van der Waals surface area contributed by atoms with Gasteiger partial charge in [0.2, 0.25) is 5.78 Å². The molecule has 2 aromatic heterocycles. The van der Waals surface area contributed by atoms with Gasteiger partial charge in [0.1, 0.15) is 11.5 Å². The zero-order valence-corrected chi connectivity index (χ0v) is 14.6. The third-order valence-corrected chi connectivity index (χ3v) is 4.47. The van der Waals surface area contributed by atoms with Gasteiger partial charge in [-0.3, -0.25) is 14.6 Å². The maximum atomic E-state index is 13.6.